The molecule has 0 spiro atoms. The topological polar surface area (TPSA) is 50.6 Å². The Kier molecular flexibility index (Phi) is 5.07. The second kappa shape index (κ2) is 7.80. The Morgan fingerprint density at radius 3 is 2.59 bits per heavy atom. The third kappa shape index (κ3) is 4.11. The number of fused-ring (bicyclic) bond motifs is 1. The Bertz CT molecular complexity index is 929. The molecule has 2 heterocycles. The molecule has 3 aromatic rings. The first-order chi connectivity index (χ1) is 13.2. The van der Waals surface area contributed by atoms with Gasteiger partial charge in [-0.1, -0.05) is 30.3 Å². The van der Waals surface area contributed by atoms with E-state index < -0.39 is 0 Å². The van der Waals surface area contributed by atoms with Gasteiger partial charge in [-0.3, -0.25) is 9.69 Å². The maximum Gasteiger partial charge on any atom is 0.233 e. The zero-order chi connectivity index (χ0) is 18.6. The fraction of sp³-hybridized carbons (Fsp3) is 0.333. The number of hydrogen-bond acceptors (Lipinski definition) is 4. The Labute approximate surface area is 158 Å². The van der Waals surface area contributed by atoms with Gasteiger partial charge < -0.3 is 9.64 Å². The van der Waals surface area contributed by atoms with Crippen molar-refractivity contribution < 1.29 is 9.53 Å². The van der Waals surface area contributed by atoms with E-state index in [0.717, 1.165) is 38.4 Å². The minimum atomic E-state index is 0.158. The predicted molar refractivity (Wildman–Crippen MR) is 105 cm³/mol. The van der Waals surface area contributed by atoms with Crippen LogP contribution in [0.4, 0.5) is 0 Å². The van der Waals surface area contributed by atoms with E-state index in [2.05, 4.69) is 40.3 Å². The highest BCUT2D eigenvalue weighted by Crippen LogP contribution is 2.19. The van der Waals surface area contributed by atoms with Crippen molar-refractivity contribution in [1.82, 2.24) is 19.6 Å². The Hall–Kier alpha value is -2.86. The number of ether oxygens (including phenoxy) is 1. The molecular weight excluding hydrogens is 340 g/mol. The zero-order valence-corrected chi connectivity index (χ0v) is 15.5. The lowest BCUT2D eigenvalue weighted by molar-refractivity contribution is -0.130. The van der Waals surface area contributed by atoms with E-state index in [0.29, 0.717) is 12.5 Å². The second-order valence-corrected chi connectivity index (χ2v) is 6.83. The van der Waals surface area contributed by atoms with E-state index in [9.17, 15) is 4.79 Å². The highest BCUT2D eigenvalue weighted by Gasteiger charge is 2.18. The molecule has 0 radical (unpaired) electrons. The number of carbonyl (C=O) groups is 1. The summed E-state index contributed by atoms with van der Waals surface area (Å²) < 4.78 is 7.66. The van der Waals surface area contributed by atoms with Crippen LogP contribution in [0.3, 0.4) is 0 Å². The van der Waals surface area contributed by atoms with Crippen LogP contribution in [0.1, 0.15) is 6.92 Å². The summed E-state index contributed by atoms with van der Waals surface area (Å²) in [7, 11) is 0. The number of hydrogen-bond donors (Lipinski definition) is 0. The monoisotopic (exact) mass is 364 g/mol. The normalized spacial score (nSPS) is 15.2. The summed E-state index contributed by atoms with van der Waals surface area (Å²) in [5.74, 6) is 0.788. The van der Waals surface area contributed by atoms with Gasteiger partial charge in [-0.05, 0) is 22.9 Å². The van der Waals surface area contributed by atoms with Gasteiger partial charge in [0.1, 0.15) is 6.61 Å². The molecule has 1 aliphatic heterocycles. The van der Waals surface area contributed by atoms with Crippen LogP contribution in [0.15, 0.2) is 54.7 Å². The molecular formula is C21H24N4O2. The average Bonchev–Trinajstić information content (AvgIpc) is 3.17. The maximum absolute atomic E-state index is 11.4. The second-order valence-electron chi connectivity index (χ2n) is 6.83. The molecule has 0 atom stereocenters. The first-order valence-electron chi connectivity index (χ1n) is 9.34. The van der Waals surface area contributed by atoms with Crippen molar-refractivity contribution in [3.63, 3.8) is 0 Å². The molecule has 4 rings (SSSR count). The zero-order valence-electron chi connectivity index (χ0n) is 15.5. The third-order valence-corrected chi connectivity index (χ3v) is 5.04. The fourth-order valence-corrected chi connectivity index (χ4v) is 3.41. The summed E-state index contributed by atoms with van der Waals surface area (Å²) in [5.41, 5.74) is 1.02. The number of benzene rings is 2. The van der Waals surface area contributed by atoms with Crippen LogP contribution in [0, 0.1) is 0 Å². The van der Waals surface area contributed by atoms with Gasteiger partial charge in [-0.2, -0.15) is 0 Å². The summed E-state index contributed by atoms with van der Waals surface area (Å²) in [5, 5.41) is 6.94. The third-order valence-electron chi connectivity index (χ3n) is 5.04. The molecule has 1 aliphatic rings. The van der Waals surface area contributed by atoms with Gasteiger partial charge in [0.15, 0.2) is 0 Å². The number of aromatic nitrogens is 2. The molecule has 1 saturated heterocycles. The predicted octanol–water partition coefficient (Wildman–Crippen LogP) is 2.57. The summed E-state index contributed by atoms with van der Waals surface area (Å²) in [6.45, 7) is 6.45. The van der Waals surface area contributed by atoms with Crippen molar-refractivity contribution in [3.05, 3.63) is 54.7 Å². The Balaban J connectivity index is 1.31. The van der Waals surface area contributed by atoms with Crippen molar-refractivity contribution in [2.45, 2.75) is 6.92 Å². The largest absolute Gasteiger partial charge is 0.475 e. The van der Waals surface area contributed by atoms with Crippen LogP contribution < -0.4 is 4.74 Å². The standard InChI is InChI=1S/C21H24N4O2/c1-17(26)24-12-10-23(11-13-24)14-15-27-21-8-9-25(22-21)20-7-6-18-4-2-3-5-19(18)16-20/h2-9,16H,10-15H2,1H3. The number of rotatable bonds is 5. The van der Waals surface area contributed by atoms with Crippen molar-refractivity contribution in [1.29, 1.82) is 0 Å². The molecule has 1 amide bonds. The van der Waals surface area contributed by atoms with Crippen LogP contribution in [-0.2, 0) is 4.79 Å². The molecule has 0 aliphatic carbocycles. The molecule has 0 bridgehead atoms. The van der Waals surface area contributed by atoms with Crippen LogP contribution in [-0.4, -0.2) is 64.8 Å². The average molecular weight is 364 g/mol. The lowest BCUT2D eigenvalue weighted by Gasteiger charge is -2.33. The highest BCUT2D eigenvalue weighted by atomic mass is 16.5. The molecule has 140 valence electrons. The summed E-state index contributed by atoms with van der Waals surface area (Å²) >= 11 is 0. The lowest BCUT2D eigenvalue weighted by atomic mass is 10.1. The van der Waals surface area contributed by atoms with Crippen molar-refractivity contribution >= 4 is 16.7 Å². The van der Waals surface area contributed by atoms with E-state index in [1.807, 2.05) is 34.0 Å². The smallest absolute Gasteiger partial charge is 0.233 e. The summed E-state index contributed by atoms with van der Waals surface area (Å²) in [6, 6.07) is 16.5. The van der Waals surface area contributed by atoms with Gasteiger partial charge in [0.2, 0.25) is 11.8 Å². The molecule has 1 fully saturated rings. The first kappa shape index (κ1) is 17.5. The molecule has 0 N–H and O–H groups in total. The molecule has 1 aromatic heterocycles. The van der Waals surface area contributed by atoms with E-state index >= 15 is 0 Å². The van der Waals surface area contributed by atoms with Crippen molar-refractivity contribution in [3.8, 4) is 11.6 Å². The van der Waals surface area contributed by atoms with Gasteiger partial charge >= 0.3 is 0 Å². The number of carbonyl (C=O) groups excluding carboxylic acids is 1. The Morgan fingerprint density at radius 1 is 1.04 bits per heavy atom. The van der Waals surface area contributed by atoms with Crippen molar-refractivity contribution in [2.75, 3.05) is 39.3 Å². The van der Waals surface area contributed by atoms with Gasteiger partial charge in [0.05, 0.1) is 5.69 Å². The molecule has 0 saturated carbocycles. The SMILES string of the molecule is CC(=O)N1CCN(CCOc2ccn(-c3ccc4ccccc4c3)n2)CC1. The van der Waals surface area contributed by atoms with Crippen LogP contribution >= 0.6 is 0 Å². The van der Waals surface area contributed by atoms with Crippen LogP contribution in [0.2, 0.25) is 0 Å². The number of amides is 1. The minimum Gasteiger partial charge on any atom is -0.475 e. The highest BCUT2D eigenvalue weighted by molar-refractivity contribution is 5.84. The van der Waals surface area contributed by atoms with Gasteiger partial charge in [0.25, 0.3) is 0 Å². The van der Waals surface area contributed by atoms with E-state index in [4.69, 9.17) is 4.74 Å². The van der Waals surface area contributed by atoms with Gasteiger partial charge in [-0.25, -0.2) is 4.68 Å². The van der Waals surface area contributed by atoms with Gasteiger partial charge in [0, 0.05) is 51.9 Å². The number of piperazine rings is 1. The van der Waals surface area contributed by atoms with E-state index in [1.54, 1.807) is 6.92 Å². The molecule has 0 unspecified atom stereocenters. The minimum absolute atomic E-state index is 0.158. The fourth-order valence-electron chi connectivity index (χ4n) is 3.41. The summed E-state index contributed by atoms with van der Waals surface area (Å²) in [4.78, 5) is 15.6. The Morgan fingerprint density at radius 2 is 1.81 bits per heavy atom. The quantitative estimate of drug-likeness (QED) is 0.698. The van der Waals surface area contributed by atoms with Crippen molar-refractivity contribution in [2.24, 2.45) is 0 Å². The lowest BCUT2D eigenvalue weighted by Crippen LogP contribution is -2.48. The van der Waals surface area contributed by atoms with E-state index in [1.165, 1.54) is 10.8 Å². The summed E-state index contributed by atoms with van der Waals surface area (Å²) in [6.07, 6.45) is 1.92. The first-order valence-corrected chi connectivity index (χ1v) is 9.34. The number of nitrogens with zero attached hydrogens (tertiary/aromatic N) is 4. The molecule has 6 heteroatoms. The van der Waals surface area contributed by atoms with E-state index in [-0.39, 0.29) is 5.91 Å². The molecule has 2 aromatic carbocycles. The maximum atomic E-state index is 11.4. The van der Waals surface area contributed by atoms with Crippen LogP contribution in [0.25, 0.3) is 16.5 Å². The molecule has 27 heavy (non-hydrogen) atoms. The van der Waals surface area contributed by atoms with Gasteiger partial charge in [-0.15, -0.1) is 5.10 Å². The molecule has 6 nitrogen and oxygen atoms in total. The van der Waals surface area contributed by atoms with Crippen LogP contribution in [0.5, 0.6) is 5.88 Å².